The molecule has 0 saturated carbocycles. The van der Waals surface area contributed by atoms with Gasteiger partial charge in [-0.15, -0.1) is 12.3 Å². The highest BCUT2D eigenvalue weighted by atomic mass is 19.1. The van der Waals surface area contributed by atoms with Crippen molar-refractivity contribution in [2.24, 2.45) is 0 Å². The molecule has 17 heavy (non-hydrogen) atoms. The maximum atomic E-state index is 13.4. The molecule has 0 heterocycles. The van der Waals surface area contributed by atoms with Crippen LogP contribution in [0.2, 0.25) is 0 Å². The highest BCUT2D eigenvalue weighted by molar-refractivity contribution is 5.25. The molecule has 0 aliphatic heterocycles. The van der Waals surface area contributed by atoms with Crippen LogP contribution in [0.25, 0.3) is 0 Å². The third kappa shape index (κ3) is 3.87. The summed E-state index contributed by atoms with van der Waals surface area (Å²) in [5.74, 6) is 2.51. The second-order valence-electron chi connectivity index (χ2n) is 4.41. The molecule has 0 spiro atoms. The maximum absolute atomic E-state index is 13.4. The zero-order valence-electron chi connectivity index (χ0n) is 10.8. The fourth-order valence-electron chi connectivity index (χ4n) is 1.79. The first-order chi connectivity index (χ1) is 8.08. The third-order valence-electron chi connectivity index (χ3n) is 3.04. The lowest BCUT2D eigenvalue weighted by molar-refractivity contribution is 0.447. The molecule has 1 nitrogen and oxygen atoms in total. The number of terminal acetylenes is 1. The molecule has 1 rings (SSSR count). The summed E-state index contributed by atoms with van der Waals surface area (Å²) in [6.45, 7) is 5.89. The first kappa shape index (κ1) is 13.7. The van der Waals surface area contributed by atoms with Crippen molar-refractivity contribution in [2.75, 3.05) is 0 Å². The van der Waals surface area contributed by atoms with Crippen LogP contribution in [0.5, 0.6) is 0 Å². The summed E-state index contributed by atoms with van der Waals surface area (Å²) >= 11 is 0. The standard InChI is InChI=1S/C15H20FN/c1-5-7-14(6-2)17-12(4)13-9-8-11(3)15(16)10-13/h1,8-10,12,14,17H,6-7H2,2-4H3. The van der Waals surface area contributed by atoms with Crippen LogP contribution < -0.4 is 5.32 Å². The summed E-state index contributed by atoms with van der Waals surface area (Å²) in [4.78, 5) is 0. The molecule has 0 saturated heterocycles. The van der Waals surface area contributed by atoms with E-state index in [9.17, 15) is 4.39 Å². The maximum Gasteiger partial charge on any atom is 0.126 e. The molecular weight excluding hydrogens is 213 g/mol. The van der Waals surface area contributed by atoms with E-state index in [0.29, 0.717) is 18.0 Å². The fourth-order valence-corrected chi connectivity index (χ4v) is 1.79. The van der Waals surface area contributed by atoms with Gasteiger partial charge in [-0.1, -0.05) is 19.1 Å². The van der Waals surface area contributed by atoms with Gasteiger partial charge in [-0.3, -0.25) is 0 Å². The summed E-state index contributed by atoms with van der Waals surface area (Å²) in [6, 6.07) is 5.77. The van der Waals surface area contributed by atoms with Crippen molar-refractivity contribution in [3.8, 4) is 12.3 Å². The largest absolute Gasteiger partial charge is 0.307 e. The normalized spacial score (nSPS) is 14.1. The van der Waals surface area contributed by atoms with Crippen molar-refractivity contribution in [1.29, 1.82) is 0 Å². The second-order valence-corrected chi connectivity index (χ2v) is 4.41. The Balaban J connectivity index is 2.72. The van der Waals surface area contributed by atoms with E-state index >= 15 is 0 Å². The van der Waals surface area contributed by atoms with E-state index in [1.807, 2.05) is 19.1 Å². The predicted octanol–water partition coefficient (Wildman–Crippen LogP) is 3.59. The quantitative estimate of drug-likeness (QED) is 0.766. The molecule has 0 aliphatic rings. The highest BCUT2D eigenvalue weighted by Crippen LogP contribution is 2.17. The number of rotatable bonds is 5. The van der Waals surface area contributed by atoms with Gasteiger partial charge in [0, 0.05) is 18.5 Å². The van der Waals surface area contributed by atoms with Gasteiger partial charge in [0.1, 0.15) is 5.82 Å². The SMILES string of the molecule is C#CCC(CC)NC(C)c1ccc(C)c(F)c1. The summed E-state index contributed by atoms with van der Waals surface area (Å²) in [5, 5.41) is 3.42. The first-order valence-electron chi connectivity index (χ1n) is 6.04. The lowest BCUT2D eigenvalue weighted by atomic mass is 10.0. The minimum Gasteiger partial charge on any atom is -0.307 e. The Morgan fingerprint density at radius 1 is 1.47 bits per heavy atom. The number of nitrogens with one attached hydrogen (secondary N) is 1. The molecule has 1 aromatic rings. The van der Waals surface area contributed by atoms with Crippen LogP contribution in [0.15, 0.2) is 18.2 Å². The molecule has 2 atom stereocenters. The van der Waals surface area contributed by atoms with Crippen LogP contribution in [0, 0.1) is 25.1 Å². The Labute approximate surface area is 103 Å². The molecule has 1 N–H and O–H groups in total. The summed E-state index contributed by atoms with van der Waals surface area (Å²) in [5.41, 5.74) is 1.64. The minimum absolute atomic E-state index is 0.114. The number of hydrogen-bond donors (Lipinski definition) is 1. The van der Waals surface area contributed by atoms with Crippen molar-refractivity contribution in [3.63, 3.8) is 0 Å². The number of aryl methyl sites for hydroxylation is 1. The monoisotopic (exact) mass is 233 g/mol. The molecule has 0 amide bonds. The Kier molecular flexibility index (Phi) is 5.18. The van der Waals surface area contributed by atoms with E-state index in [0.717, 1.165) is 12.0 Å². The highest BCUT2D eigenvalue weighted by Gasteiger charge is 2.12. The Morgan fingerprint density at radius 3 is 2.71 bits per heavy atom. The molecule has 1 aromatic carbocycles. The van der Waals surface area contributed by atoms with Crippen molar-refractivity contribution in [1.82, 2.24) is 5.32 Å². The first-order valence-corrected chi connectivity index (χ1v) is 6.04. The van der Waals surface area contributed by atoms with E-state index in [1.54, 1.807) is 13.0 Å². The fraction of sp³-hybridized carbons (Fsp3) is 0.467. The topological polar surface area (TPSA) is 12.0 Å². The second kappa shape index (κ2) is 6.42. The zero-order valence-corrected chi connectivity index (χ0v) is 10.8. The Morgan fingerprint density at radius 2 is 2.18 bits per heavy atom. The average molecular weight is 233 g/mol. The molecule has 0 aromatic heterocycles. The van der Waals surface area contributed by atoms with E-state index in [2.05, 4.69) is 18.2 Å². The molecule has 92 valence electrons. The smallest absolute Gasteiger partial charge is 0.126 e. The van der Waals surface area contributed by atoms with Crippen LogP contribution in [0.4, 0.5) is 4.39 Å². The van der Waals surface area contributed by atoms with Gasteiger partial charge in [-0.05, 0) is 37.5 Å². The van der Waals surface area contributed by atoms with E-state index in [1.165, 1.54) is 0 Å². The van der Waals surface area contributed by atoms with Crippen LogP contribution in [0.1, 0.15) is 43.9 Å². The number of hydrogen-bond acceptors (Lipinski definition) is 1. The van der Waals surface area contributed by atoms with Crippen LogP contribution in [-0.2, 0) is 0 Å². The lowest BCUT2D eigenvalue weighted by Gasteiger charge is -2.21. The molecule has 0 fully saturated rings. The Bertz CT molecular complexity index is 406. The van der Waals surface area contributed by atoms with Crippen molar-refractivity contribution >= 4 is 0 Å². The van der Waals surface area contributed by atoms with Gasteiger partial charge in [-0.25, -0.2) is 4.39 Å². The van der Waals surface area contributed by atoms with Crippen molar-refractivity contribution in [2.45, 2.75) is 45.7 Å². The van der Waals surface area contributed by atoms with Crippen LogP contribution >= 0.6 is 0 Å². The van der Waals surface area contributed by atoms with E-state index in [4.69, 9.17) is 6.42 Å². The summed E-state index contributed by atoms with van der Waals surface area (Å²) < 4.78 is 13.4. The molecule has 0 radical (unpaired) electrons. The van der Waals surface area contributed by atoms with E-state index in [-0.39, 0.29) is 11.9 Å². The van der Waals surface area contributed by atoms with Gasteiger partial charge >= 0.3 is 0 Å². The van der Waals surface area contributed by atoms with Crippen LogP contribution in [0.3, 0.4) is 0 Å². The molecule has 2 heteroatoms. The average Bonchev–Trinajstić information content (AvgIpc) is 2.31. The predicted molar refractivity (Wildman–Crippen MR) is 70.2 cm³/mol. The number of benzene rings is 1. The van der Waals surface area contributed by atoms with E-state index < -0.39 is 0 Å². The third-order valence-corrected chi connectivity index (χ3v) is 3.04. The summed E-state index contributed by atoms with van der Waals surface area (Å²) in [6.07, 6.45) is 6.99. The molecule has 0 bridgehead atoms. The van der Waals surface area contributed by atoms with Gasteiger partial charge in [0.25, 0.3) is 0 Å². The van der Waals surface area contributed by atoms with Gasteiger partial charge in [0.2, 0.25) is 0 Å². The molecule has 2 unspecified atom stereocenters. The Hall–Kier alpha value is -1.33. The van der Waals surface area contributed by atoms with Crippen molar-refractivity contribution < 1.29 is 4.39 Å². The van der Waals surface area contributed by atoms with Crippen molar-refractivity contribution in [3.05, 3.63) is 35.1 Å². The van der Waals surface area contributed by atoms with Gasteiger partial charge in [0.05, 0.1) is 0 Å². The van der Waals surface area contributed by atoms with Gasteiger partial charge in [0.15, 0.2) is 0 Å². The molecular formula is C15H20FN. The number of halogens is 1. The molecule has 0 aliphatic carbocycles. The van der Waals surface area contributed by atoms with Gasteiger partial charge < -0.3 is 5.32 Å². The zero-order chi connectivity index (χ0) is 12.8. The minimum atomic E-state index is -0.152. The van der Waals surface area contributed by atoms with Crippen LogP contribution in [-0.4, -0.2) is 6.04 Å². The summed E-state index contributed by atoms with van der Waals surface area (Å²) in [7, 11) is 0. The van der Waals surface area contributed by atoms with Gasteiger partial charge in [-0.2, -0.15) is 0 Å². The lowest BCUT2D eigenvalue weighted by Crippen LogP contribution is -2.30.